The van der Waals surface area contributed by atoms with Crippen molar-refractivity contribution >= 4 is 5.91 Å². The predicted octanol–water partition coefficient (Wildman–Crippen LogP) is 8.02. The quantitative estimate of drug-likeness (QED) is 0.168. The molecular formula is C36H48N2O3. The van der Waals surface area contributed by atoms with Gasteiger partial charge in [0, 0.05) is 38.6 Å². The van der Waals surface area contributed by atoms with Crippen LogP contribution in [0.1, 0.15) is 81.4 Å². The van der Waals surface area contributed by atoms with Gasteiger partial charge in [-0.1, -0.05) is 106 Å². The first-order chi connectivity index (χ1) is 20.2. The van der Waals surface area contributed by atoms with Crippen molar-refractivity contribution in [3.8, 4) is 11.5 Å². The summed E-state index contributed by atoms with van der Waals surface area (Å²) in [6.07, 6.45) is 9.76. The van der Waals surface area contributed by atoms with E-state index in [1.54, 1.807) is 7.11 Å². The SMILES string of the molecule is CCCCCCCCC(=O)N(Cc1ccc(OC)c(OCc2ccccc2)c1)C1CCN(Cc2ccccc2)CC1. The first-order valence-corrected chi connectivity index (χ1v) is 15.6. The summed E-state index contributed by atoms with van der Waals surface area (Å²) in [7, 11) is 1.67. The number of carbonyl (C=O) groups is 1. The summed E-state index contributed by atoms with van der Waals surface area (Å²) in [5.74, 6) is 1.71. The van der Waals surface area contributed by atoms with Crippen LogP contribution in [0.5, 0.6) is 11.5 Å². The highest BCUT2D eigenvalue weighted by Gasteiger charge is 2.28. The van der Waals surface area contributed by atoms with Gasteiger partial charge in [0.2, 0.25) is 5.91 Å². The summed E-state index contributed by atoms with van der Waals surface area (Å²) in [5.41, 5.74) is 3.54. The van der Waals surface area contributed by atoms with Gasteiger partial charge in [-0.25, -0.2) is 0 Å². The van der Waals surface area contributed by atoms with Crippen LogP contribution >= 0.6 is 0 Å². The number of likely N-dealkylation sites (tertiary alicyclic amines) is 1. The summed E-state index contributed by atoms with van der Waals surface area (Å²) < 4.78 is 11.8. The third-order valence-electron chi connectivity index (χ3n) is 8.13. The van der Waals surface area contributed by atoms with Gasteiger partial charge in [0.05, 0.1) is 7.11 Å². The average Bonchev–Trinajstić information content (AvgIpc) is 3.02. The molecule has 0 atom stereocenters. The van der Waals surface area contributed by atoms with Gasteiger partial charge >= 0.3 is 0 Å². The second-order valence-electron chi connectivity index (χ2n) is 11.3. The Morgan fingerprint density at radius 2 is 1.46 bits per heavy atom. The zero-order valence-electron chi connectivity index (χ0n) is 25.1. The van der Waals surface area contributed by atoms with E-state index in [4.69, 9.17) is 9.47 Å². The maximum absolute atomic E-state index is 13.7. The number of rotatable bonds is 16. The molecule has 1 fully saturated rings. The van der Waals surface area contributed by atoms with Crippen molar-refractivity contribution in [2.45, 2.75) is 90.4 Å². The van der Waals surface area contributed by atoms with Crippen molar-refractivity contribution < 1.29 is 14.3 Å². The Bertz CT molecular complexity index is 1160. The molecule has 0 spiro atoms. The molecule has 1 amide bonds. The third-order valence-corrected chi connectivity index (χ3v) is 8.13. The monoisotopic (exact) mass is 556 g/mol. The Morgan fingerprint density at radius 3 is 2.15 bits per heavy atom. The fourth-order valence-electron chi connectivity index (χ4n) is 5.72. The Hall–Kier alpha value is -3.31. The smallest absolute Gasteiger partial charge is 0.223 e. The van der Waals surface area contributed by atoms with E-state index in [1.165, 1.54) is 31.2 Å². The van der Waals surface area contributed by atoms with Crippen LogP contribution in [0, 0.1) is 0 Å². The molecular weight excluding hydrogens is 508 g/mol. The summed E-state index contributed by atoms with van der Waals surface area (Å²) in [5, 5.41) is 0. The molecule has 0 unspecified atom stereocenters. The molecule has 4 rings (SSSR count). The van der Waals surface area contributed by atoms with Gasteiger partial charge in [0.15, 0.2) is 11.5 Å². The van der Waals surface area contributed by atoms with Crippen molar-refractivity contribution in [2.24, 2.45) is 0 Å². The van der Waals surface area contributed by atoms with Crippen LogP contribution in [0.15, 0.2) is 78.9 Å². The number of nitrogens with zero attached hydrogens (tertiary/aromatic N) is 2. The summed E-state index contributed by atoms with van der Waals surface area (Å²) in [4.78, 5) is 18.4. The number of hydrogen-bond acceptors (Lipinski definition) is 4. The fourth-order valence-corrected chi connectivity index (χ4v) is 5.72. The van der Waals surface area contributed by atoms with E-state index in [1.807, 2.05) is 24.3 Å². The lowest BCUT2D eigenvalue weighted by Crippen LogP contribution is -2.46. The van der Waals surface area contributed by atoms with Crippen molar-refractivity contribution in [3.05, 3.63) is 95.6 Å². The summed E-state index contributed by atoms with van der Waals surface area (Å²) in [6, 6.07) is 27.2. The highest BCUT2D eigenvalue weighted by molar-refractivity contribution is 5.76. The van der Waals surface area contributed by atoms with Crippen LogP contribution in [-0.2, 0) is 24.5 Å². The number of unbranched alkanes of at least 4 members (excludes halogenated alkanes) is 5. The largest absolute Gasteiger partial charge is 0.493 e. The number of amides is 1. The molecule has 0 aliphatic carbocycles. The van der Waals surface area contributed by atoms with Gasteiger partial charge < -0.3 is 14.4 Å². The molecule has 5 heteroatoms. The van der Waals surface area contributed by atoms with E-state index in [9.17, 15) is 4.79 Å². The molecule has 41 heavy (non-hydrogen) atoms. The zero-order chi connectivity index (χ0) is 28.7. The molecule has 0 aromatic heterocycles. The van der Waals surface area contributed by atoms with Gasteiger partial charge in [-0.2, -0.15) is 0 Å². The minimum atomic E-state index is 0.255. The van der Waals surface area contributed by atoms with Crippen LogP contribution in [0.25, 0.3) is 0 Å². The van der Waals surface area contributed by atoms with Crippen molar-refractivity contribution in [1.82, 2.24) is 9.80 Å². The maximum Gasteiger partial charge on any atom is 0.223 e. The van der Waals surface area contributed by atoms with E-state index in [0.717, 1.165) is 62.2 Å². The molecule has 0 bridgehead atoms. The van der Waals surface area contributed by atoms with Crippen molar-refractivity contribution in [1.29, 1.82) is 0 Å². The zero-order valence-corrected chi connectivity index (χ0v) is 25.1. The van der Waals surface area contributed by atoms with E-state index in [-0.39, 0.29) is 11.9 Å². The maximum atomic E-state index is 13.7. The lowest BCUT2D eigenvalue weighted by atomic mass is 10.00. The van der Waals surface area contributed by atoms with Gasteiger partial charge in [0.25, 0.3) is 0 Å². The molecule has 0 N–H and O–H groups in total. The van der Waals surface area contributed by atoms with Crippen molar-refractivity contribution in [2.75, 3.05) is 20.2 Å². The third kappa shape index (κ3) is 9.93. The van der Waals surface area contributed by atoms with E-state index >= 15 is 0 Å². The van der Waals surface area contributed by atoms with Crippen LogP contribution in [0.4, 0.5) is 0 Å². The number of piperidine rings is 1. The number of carbonyl (C=O) groups excluding carboxylic acids is 1. The highest BCUT2D eigenvalue weighted by Crippen LogP contribution is 2.31. The second kappa shape index (κ2) is 16.8. The second-order valence-corrected chi connectivity index (χ2v) is 11.3. The van der Waals surface area contributed by atoms with Crippen LogP contribution in [0.2, 0.25) is 0 Å². The first-order valence-electron chi connectivity index (χ1n) is 15.6. The molecule has 1 heterocycles. The molecule has 3 aromatic carbocycles. The van der Waals surface area contributed by atoms with Gasteiger partial charge in [-0.05, 0) is 48.1 Å². The number of ether oxygens (including phenoxy) is 2. The van der Waals surface area contributed by atoms with E-state index in [2.05, 4.69) is 71.3 Å². The Kier molecular flexibility index (Phi) is 12.6. The number of hydrogen-bond donors (Lipinski definition) is 0. The molecule has 1 aliphatic heterocycles. The minimum absolute atomic E-state index is 0.255. The molecule has 1 aliphatic rings. The molecule has 3 aromatic rings. The fraction of sp³-hybridized carbons (Fsp3) is 0.472. The first kappa shape index (κ1) is 30.6. The lowest BCUT2D eigenvalue weighted by Gasteiger charge is -2.39. The summed E-state index contributed by atoms with van der Waals surface area (Å²) >= 11 is 0. The van der Waals surface area contributed by atoms with Crippen LogP contribution in [-0.4, -0.2) is 41.9 Å². The minimum Gasteiger partial charge on any atom is -0.493 e. The number of benzene rings is 3. The summed E-state index contributed by atoms with van der Waals surface area (Å²) in [6.45, 7) is 6.30. The molecule has 5 nitrogen and oxygen atoms in total. The average molecular weight is 557 g/mol. The van der Waals surface area contributed by atoms with Crippen molar-refractivity contribution in [3.63, 3.8) is 0 Å². The van der Waals surface area contributed by atoms with Gasteiger partial charge in [-0.3, -0.25) is 9.69 Å². The van der Waals surface area contributed by atoms with Crippen LogP contribution < -0.4 is 9.47 Å². The Balaban J connectivity index is 1.42. The predicted molar refractivity (Wildman–Crippen MR) is 167 cm³/mol. The van der Waals surface area contributed by atoms with Crippen LogP contribution in [0.3, 0.4) is 0 Å². The molecule has 0 saturated carbocycles. The Labute approximate surface area is 247 Å². The highest BCUT2D eigenvalue weighted by atomic mass is 16.5. The van der Waals surface area contributed by atoms with Gasteiger partial charge in [-0.15, -0.1) is 0 Å². The van der Waals surface area contributed by atoms with E-state index in [0.29, 0.717) is 25.3 Å². The number of methoxy groups -OCH3 is 1. The molecule has 220 valence electrons. The molecule has 1 saturated heterocycles. The standard InChI is InChI=1S/C36H48N2O3/c1-3-4-5-6-7-14-19-36(39)38(33-22-24-37(25-23-33)27-30-15-10-8-11-16-30)28-32-20-21-34(40-2)35(26-32)41-29-31-17-12-9-13-18-31/h8-13,15-18,20-21,26,33H,3-7,14,19,22-25,27-29H2,1-2H3. The lowest BCUT2D eigenvalue weighted by molar-refractivity contribution is -0.135. The molecule has 0 radical (unpaired) electrons. The topological polar surface area (TPSA) is 42.0 Å². The normalized spacial score (nSPS) is 14.1. The van der Waals surface area contributed by atoms with E-state index < -0.39 is 0 Å². The Morgan fingerprint density at radius 1 is 0.805 bits per heavy atom. The van der Waals surface area contributed by atoms with Gasteiger partial charge in [0.1, 0.15) is 6.61 Å².